The van der Waals surface area contributed by atoms with Crippen molar-refractivity contribution < 1.29 is 13.7 Å². The van der Waals surface area contributed by atoms with E-state index in [0.29, 0.717) is 29.8 Å². The number of nitrogens with zero attached hydrogens (tertiary/aromatic N) is 5. The summed E-state index contributed by atoms with van der Waals surface area (Å²) in [5.41, 5.74) is 1.73. The van der Waals surface area contributed by atoms with Gasteiger partial charge in [0.25, 0.3) is 5.89 Å². The van der Waals surface area contributed by atoms with E-state index < -0.39 is 0 Å². The summed E-state index contributed by atoms with van der Waals surface area (Å²) in [4.78, 5) is 4.46. The molecule has 0 amide bonds. The van der Waals surface area contributed by atoms with Crippen molar-refractivity contribution >= 4 is 23.1 Å². The van der Waals surface area contributed by atoms with E-state index in [9.17, 15) is 4.39 Å². The summed E-state index contributed by atoms with van der Waals surface area (Å²) in [6, 6.07) is 8.23. The molecule has 0 bridgehead atoms. The molecule has 0 aliphatic carbocycles. The zero-order valence-electron chi connectivity index (χ0n) is 15.9. The summed E-state index contributed by atoms with van der Waals surface area (Å²) in [5.74, 6) is 2.02. The van der Waals surface area contributed by atoms with Crippen LogP contribution in [0.1, 0.15) is 18.7 Å². The zero-order valence-corrected chi connectivity index (χ0v) is 17.5. The lowest BCUT2D eigenvalue weighted by Crippen LogP contribution is -2.16. The van der Waals surface area contributed by atoms with Crippen LogP contribution < -0.4 is 0 Å². The molecule has 1 saturated heterocycles. The molecule has 4 aromatic rings. The molecular formula is C20H18FN5O2S2. The van der Waals surface area contributed by atoms with Crippen molar-refractivity contribution in [3.05, 3.63) is 52.7 Å². The third kappa shape index (κ3) is 4.16. The van der Waals surface area contributed by atoms with Crippen molar-refractivity contribution in [3.63, 3.8) is 0 Å². The van der Waals surface area contributed by atoms with Crippen LogP contribution in [0.2, 0.25) is 0 Å². The lowest BCUT2D eigenvalue weighted by atomic mass is 10.2. The molecule has 0 N–H and O–H groups in total. The highest BCUT2D eigenvalue weighted by atomic mass is 32.2. The Labute approximate surface area is 180 Å². The number of benzene rings is 1. The van der Waals surface area contributed by atoms with E-state index in [1.165, 1.54) is 23.9 Å². The number of hydrogen-bond donors (Lipinski definition) is 0. The van der Waals surface area contributed by atoms with Crippen molar-refractivity contribution in [2.75, 3.05) is 6.61 Å². The maximum absolute atomic E-state index is 13.4. The molecule has 1 atom stereocenters. The van der Waals surface area contributed by atoms with E-state index in [-0.39, 0.29) is 11.9 Å². The van der Waals surface area contributed by atoms with E-state index >= 15 is 0 Å². The minimum atomic E-state index is -0.280. The molecule has 3 aromatic heterocycles. The summed E-state index contributed by atoms with van der Waals surface area (Å²) in [6.45, 7) is 1.42. The van der Waals surface area contributed by atoms with Gasteiger partial charge in [0.05, 0.1) is 24.0 Å². The zero-order chi connectivity index (χ0) is 20.3. The Morgan fingerprint density at radius 2 is 2.07 bits per heavy atom. The molecule has 154 valence electrons. The normalized spacial score (nSPS) is 16.4. The molecule has 5 rings (SSSR count). The minimum absolute atomic E-state index is 0.120. The van der Waals surface area contributed by atoms with Crippen LogP contribution in [0.25, 0.3) is 22.8 Å². The fourth-order valence-corrected chi connectivity index (χ4v) is 4.73. The lowest BCUT2D eigenvalue weighted by molar-refractivity contribution is 0.0953. The van der Waals surface area contributed by atoms with Gasteiger partial charge in [-0.25, -0.2) is 4.39 Å². The van der Waals surface area contributed by atoms with Gasteiger partial charge in [-0.05, 0) is 48.6 Å². The molecule has 1 aromatic carbocycles. The fourth-order valence-electron chi connectivity index (χ4n) is 3.31. The van der Waals surface area contributed by atoms with E-state index in [1.807, 2.05) is 21.4 Å². The molecule has 0 unspecified atom stereocenters. The van der Waals surface area contributed by atoms with E-state index in [0.717, 1.165) is 35.7 Å². The first kappa shape index (κ1) is 19.4. The highest BCUT2D eigenvalue weighted by Crippen LogP contribution is 2.29. The van der Waals surface area contributed by atoms with Gasteiger partial charge in [0, 0.05) is 17.6 Å². The maximum atomic E-state index is 13.4. The molecule has 10 heteroatoms. The summed E-state index contributed by atoms with van der Waals surface area (Å²) in [6.07, 6.45) is 2.17. The van der Waals surface area contributed by atoms with Gasteiger partial charge in [0.2, 0.25) is 0 Å². The van der Waals surface area contributed by atoms with Gasteiger partial charge in [-0.15, -0.1) is 10.2 Å². The molecule has 1 aliphatic heterocycles. The first-order valence-corrected chi connectivity index (χ1v) is 11.5. The molecule has 0 saturated carbocycles. The number of thiophene rings is 1. The minimum Gasteiger partial charge on any atom is -0.376 e. The highest BCUT2D eigenvalue weighted by Gasteiger charge is 2.22. The number of aromatic nitrogens is 5. The standard InChI is InChI=1S/C20H18FN5O2S2/c21-15-5-3-13(4-6-15)18-23-24-20(26(18)10-16-2-1-8-27-16)30-12-17-22-19(28-25-17)14-7-9-29-11-14/h3-7,9,11,16H,1-2,8,10,12H2/t16-/m1/s1. The second kappa shape index (κ2) is 8.66. The molecular weight excluding hydrogens is 425 g/mol. The average molecular weight is 444 g/mol. The third-order valence-corrected chi connectivity index (χ3v) is 6.44. The maximum Gasteiger partial charge on any atom is 0.258 e. The first-order valence-electron chi connectivity index (χ1n) is 9.55. The van der Waals surface area contributed by atoms with Crippen molar-refractivity contribution in [1.82, 2.24) is 24.9 Å². The largest absolute Gasteiger partial charge is 0.376 e. The van der Waals surface area contributed by atoms with E-state index in [4.69, 9.17) is 9.26 Å². The number of thioether (sulfide) groups is 1. The Bertz CT molecular complexity index is 1100. The van der Waals surface area contributed by atoms with E-state index in [2.05, 4.69) is 20.3 Å². The van der Waals surface area contributed by atoms with Crippen LogP contribution in [0.15, 0.2) is 50.8 Å². The Morgan fingerprint density at radius 1 is 1.17 bits per heavy atom. The highest BCUT2D eigenvalue weighted by molar-refractivity contribution is 7.98. The number of rotatable bonds is 7. The SMILES string of the molecule is Fc1ccc(-c2nnc(SCc3noc(-c4ccsc4)n3)n2C[C@H]2CCCO2)cc1. The fraction of sp³-hybridized carbons (Fsp3) is 0.300. The number of hydrogen-bond acceptors (Lipinski definition) is 8. The van der Waals surface area contributed by atoms with Crippen molar-refractivity contribution in [2.45, 2.75) is 36.4 Å². The van der Waals surface area contributed by atoms with Crippen molar-refractivity contribution in [1.29, 1.82) is 0 Å². The summed E-state index contributed by atoms with van der Waals surface area (Å²) in [7, 11) is 0. The second-order valence-electron chi connectivity index (χ2n) is 6.88. The van der Waals surface area contributed by atoms with Crippen LogP contribution >= 0.6 is 23.1 Å². The molecule has 4 heterocycles. The van der Waals surface area contributed by atoms with Crippen LogP contribution in [0.4, 0.5) is 4.39 Å². The molecule has 1 fully saturated rings. The monoisotopic (exact) mass is 443 g/mol. The van der Waals surface area contributed by atoms with Gasteiger partial charge in [-0.2, -0.15) is 16.3 Å². The summed E-state index contributed by atoms with van der Waals surface area (Å²) in [5, 5.41) is 17.5. The summed E-state index contributed by atoms with van der Waals surface area (Å²) >= 11 is 3.07. The van der Waals surface area contributed by atoms with Crippen molar-refractivity contribution in [2.24, 2.45) is 0 Å². The molecule has 30 heavy (non-hydrogen) atoms. The Hall–Kier alpha value is -2.56. The summed E-state index contributed by atoms with van der Waals surface area (Å²) < 4.78 is 26.6. The Balaban J connectivity index is 1.37. The van der Waals surface area contributed by atoms with Crippen LogP contribution in [0, 0.1) is 5.82 Å². The van der Waals surface area contributed by atoms with Gasteiger partial charge in [-0.1, -0.05) is 16.9 Å². The van der Waals surface area contributed by atoms with Crippen LogP contribution in [0.3, 0.4) is 0 Å². The average Bonchev–Trinajstić information content (AvgIpc) is 3.55. The third-order valence-electron chi connectivity index (χ3n) is 4.80. The van der Waals surface area contributed by atoms with E-state index in [1.54, 1.807) is 23.5 Å². The molecule has 0 spiro atoms. The lowest BCUT2D eigenvalue weighted by Gasteiger charge is -2.14. The predicted octanol–water partition coefficient (Wildman–Crippen LogP) is 4.67. The molecule has 1 aliphatic rings. The number of halogens is 1. The molecule has 0 radical (unpaired) electrons. The van der Waals surface area contributed by atoms with Crippen LogP contribution in [-0.4, -0.2) is 37.6 Å². The Kier molecular flexibility index (Phi) is 5.60. The Morgan fingerprint density at radius 3 is 2.83 bits per heavy atom. The quantitative estimate of drug-likeness (QED) is 0.384. The topological polar surface area (TPSA) is 78.9 Å². The van der Waals surface area contributed by atoms with Gasteiger partial charge >= 0.3 is 0 Å². The van der Waals surface area contributed by atoms with Gasteiger partial charge in [0.1, 0.15) is 5.82 Å². The van der Waals surface area contributed by atoms with Gasteiger partial charge in [0.15, 0.2) is 16.8 Å². The van der Waals surface area contributed by atoms with Gasteiger partial charge < -0.3 is 9.26 Å². The van der Waals surface area contributed by atoms with Gasteiger partial charge in [-0.3, -0.25) is 4.57 Å². The number of ether oxygens (including phenoxy) is 1. The molecule has 7 nitrogen and oxygen atoms in total. The van der Waals surface area contributed by atoms with Crippen LogP contribution in [0.5, 0.6) is 0 Å². The predicted molar refractivity (Wildman–Crippen MR) is 112 cm³/mol. The second-order valence-corrected chi connectivity index (χ2v) is 8.60. The van der Waals surface area contributed by atoms with Crippen molar-refractivity contribution in [3.8, 4) is 22.8 Å². The smallest absolute Gasteiger partial charge is 0.258 e. The first-order chi connectivity index (χ1) is 14.8. The van der Waals surface area contributed by atoms with Crippen LogP contribution in [-0.2, 0) is 17.0 Å².